The first-order valence-corrected chi connectivity index (χ1v) is 11.2. The van der Waals surface area contributed by atoms with E-state index in [-0.39, 0.29) is 30.3 Å². The van der Waals surface area contributed by atoms with Gasteiger partial charge in [0.05, 0.1) is 36.8 Å². The van der Waals surface area contributed by atoms with E-state index >= 15 is 0 Å². The molecule has 1 aromatic carbocycles. The molecule has 158 valence electrons. The topological polar surface area (TPSA) is 112 Å². The Morgan fingerprint density at radius 1 is 1.30 bits per heavy atom. The van der Waals surface area contributed by atoms with Gasteiger partial charge in [-0.05, 0) is 54.7 Å². The molecule has 8 nitrogen and oxygen atoms in total. The smallest absolute Gasteiger partial charge is 0.340 e. The highest BCUT2D eigenvalue weighted by atomic mass is 32.2. The van der Waals surface area contributed by atoms with Crippen LogP contribution in [0.3, 0.4) is 0 Å². The molecule has 0 spiro atoms. The van der Waals surface area contributed by atoms with Gasteiger partial charge in [0, 0.05) is 5.56 Å². The van der Waals surface area contributed by atoms with Crippen LogP contribution in [0.4, 0.5) is 10.1 Å². The third-order valence-electron chi connectivity index (χ3n) is 5.10. The van der Waals surface area contributed by atoms with Crippen LogP contribution in [0.15, 0.2) is 36.5 Å². The number of nitrogens with zero attached hydrogens (tertiary/aromatic N) is 3. The van der Waals surface area contributed by atoms with Crippen molar-refractivity contribution in [1.29, 1.82) is 0 Å². The summed E-state index contributed by atoms with van der Waals surface area (Å²) in [6, 6.07) is 6.99. The Balaban J connectivity index is 1.99. The molecule has 0 atom stereocenters. The van der Waals surface area contributed by atoms with E-state index in [1.54, 1.807) is 6.07 Å². The summed E-state index contributed by atoms with van der Waals surface area (Å²) >= 11 is 0. The Hall–Kier alpha value is -2.98. The van der Waals surface area contributed by atoms with Crippen molar-refractivity contribution in [1.82, 2.24) is 9.61 Å². The number of sulfonamides is 1. The second-order valence-corrected chi connectivity index (χ2v) is 9.22. The normalized spacial score (nSPS) is 14.2. The number of pyridine rings is 1. The molecule has 2 N–H and O–H groups in total. The lowest BCUT2D eigenvalue weighted by Crippen LogP contribution is -2.33. The van der Waals surface area contributed by atoms with Gasteiger partial charge in [-0.25, -0.2) is 22.1 Å². The van der Waals surface area contributed by atoms with E-state index in [1.807, 2.05) is 0 Å². The Morgan fingerprint density at radius 3 is 2.50 bits per heavy atom. The van der Waals surface area contributed by atoms with Gasteiger partial charge in [-0.15, -0.1) is 0 Å². The Morgan fingerprint density at radius 2 is 1.97 bits per heavy atom. The van der Waals surface area contributed by atoms with Crippen molar-refractivity contribution in [2.45, 2.75) is 18.8 Å². The highest BCUT2D eigenvalue weighted by molar-refractivity contribution is 7.92. The van der Waals surface area contributed by atoms with E-state index in [1.165, 1.54) is 35.0 Å². The number of anilines is 1. The van der Waals surface area contributed by atoms with E-state index in [0.29, 0.717) is 22.3 Å². The first kappa shape index (κ1) is 20.3. The van der Waals surface area contributed by atoms with Crippen molar-refractivity contribution in [3.05, 3.63) is 53.5 Å². The number of halogens is 1. The number of benzene rings is 1. The molecule has 1 saturated carbocycles. The van der Waals surface area contributed by atoms with Crippen LogP contribution in [-0.2, 0) is 10.0 Å². The summed E-state index contributed by atoms with van der Waals surface area (Å²) in [5, 5.41) is 23.6. The number of carboxylic acid groups (broad SMARTS) is 1. The van der Waals surface area contributed by atoms with Crippen LogP contribution in [0.2, 0.25) is 0 Å². The zero-order chi connectivity index (χ0) is 21.6. The summed E-state index contributed by atoms with van der Waals surface area (Å²) in [5.41, 5.74) is 1.95. The standard InChI is InChI=1S/C20H20FN3O5S/c1-30(28,29)24(8-9-25)17-11-23-16(10-15(17)12-2-3-12)18(20(26)27)19(22-23)13-4-6-14(21)7-5-13/h4-7,10-12,25H,2-3,8-9H2,1H3,(H,26,27). The molecular weight excluding hydrogens is 413 g/mol. The van der Waals surface area contributed by atoms with Crippen molar-refractivity contribution in [2.75, 3.05) is 23.7 Å². The summed E-state index contributed by atoms with van der Waals surface area (Å²) in [6.07, 6.45) is 4.26. The molecule has 10 heteroatoms. The van der Waals surface area contributed by atoms with Crippen molar-refractivity contribution in [2.24, 2.45) is 0 Å². The first-order chi connectivity index (χ1) is 14.2. The third-order valence-corrected chi connectivity index (χ3v) is 6.28. The number of aromatic carboxylic acids is 1. The van der Waals surface area contributed by atoms with Gasteiger partial charge in [-0.3, -0.25) is 4.31 Å². The largest absolute Gasteiger partial charge is 0.478 e. The molecule has 1 aliphatic carbocycles. The monoisotopic (exact) mass is 433 g/mol. The van der Waals surface area contributed by atoms with Crippen molar-refractivity contribution >= 4 is 27.2 Å². The Bertz CT molecular complexity index is 1230. The molecule has 2 heterocycles. The summed E-state index contributed by atoms with van der Waals surface area (Å²) in [7, 11) is -3.68. The molecular formula is C20H20FN3O5S. The highest BCUT2D eigenvalue weighted by Crippen LogP contribution is 2.46. The van der Waals surface area contributed by atoms with Gasteiger partial charge in [0.25, 0.3) is 0 Å². The van der Waals surface area contributed by atoms with Crippen LogP contribution in [0.1, 0.15) is 34.7 Å². The van der Waals surface area contributed by atoms with Crippen LogP contribution >= 0.6 is 0 Å². The third kappa shape index (κ3) is 3.63. The molecule has 4 rings (SSSR count). The second kappa shape index (κ2) is 7.37. The van der Waals surface area contributed by atoms with Crippen LogP contribution in [0, 0.1) is 5.82 Å². The number of aliphatic hydroxyl groups is 1. The summed E-state index contributed by atoms with van der Waals surface area (Å²) in [4.78, 5) is 12.0. The van der Waals surface area contributed by atoms with Gasteiger partial charge in [-0.1, -0.05) is 0 Å². The second-order valence-electron chi connectivity index (χ2n) is 7.31. The number of aromatic nitrogens is 2. The predicted octanol–water partition coefficient (Wildman–Crippen LogP) is 2.47. The van der Waals surface area contributed by atoms with Gasteiger partial charge in [0.1, 0.15) is 17.1 Å². The molecule has 0 unspecified atom stereocenters. The number of hydrogen-bond donors (Lipinski definition) is 2. The Kier molecular flexibility index (Phi) is 4.99. The molecule has 3 aromatic rings. The number of fused-ring (bicyclic) bond motifs is 1. The van der Waals surface area contributed by atoms with Gasteiger partial charge < -0.3 is 10.2 Å². The maximum absolute atomic E-state index is 13.3. The SMILES string of the molecule is CS(=O)(=O)N(CCO)c1cn2nc(-c3ccc(F)cc3)c(C(=O)O)c2cc1C1CC1. The maximum Gasteiger partial charge on any atom is 0.340 e. The van der Waals surface area contributed by atoms with Crippen molar-refractivity contribution < 1.29 is 27.8 Å². The van der Waals surface area contributed by atoms with Gasteiger partial charge in [0.2, 0.25) is 10.0 Å². The fourth-order valence-corrected chi connectivity index (χ4v) is 4.53. The van der Waals surface area contributed by atoms with Crippen LogP contribution in [-0.4, -0.2) is 53.6 Å². The van der Waals surface area contributed by atoms with Gasteiger partial charge in [-0.2, -0.15) is 5.10 Å². The van der Waals surface area contributed by atoms with Gasteiger partial charge in [0.15, 0.2) is 0 Å². The number of hydrogen-bond acceptors (Lipinski definition) is 5. The molecule has 0 bridgehead atoms. The van der Waals surface area contributed by atoms with Crippen LogP contribution < -0.4 is 4.31 Å². The lowest BCUT2D eigenvalue weighted by Gasteiger charge is -2.24. The molecule has 1 fully saturated rings. The molecule has 0 aliphatic heterocycles. The van der Waals surface area contributed by atoms with E-state index in [4.69, 9.17) is 0 Å². The fourth-order valence-electron chi connectivity index (χ4n) is 3.60. The van der Waals surface area contributed by atoms with Gasteiger partial charge >= 0.3 is 5.97 Å². The van der Waals surface area contributed by atoms with E-state index in [2.05, 4.69) is 5.10 Å². The molecule has 0 radical (unpaired) electrons. The zero-order valence-corrected chi connectivity index (χ0v) is 16.9. The predicted molar refractivity (Wildman–Crippen MR) is 109 cm³/mol. The highest BCUT2D eigenvalue weighted by Gasteiger charge is 2.32. The van der Waals surface area contributed by atoms with Crippen LogP contribution in [0.25, 0.3) is 16.8 Å². The molecule has 0 saturated heterocycles. The molecule has 1 aliphatic rings. The first-order valence-electron chi connectivity index (χ1n) is 9.34. The lowest BCUT2D eigenvalue weighted by molar-refractivity contribution is 0.0699. The van der Waals surface area contributed by atoms with E-state index in [9.17, 15) is 27.8 Å². The lowest BCUT2D eigenvalue weighted by atomic mass is 10.0. The average Bonchev–Trinajstić information content (AvgIpc) is 3.45. The van der Waals surface area contributed by atoms with Crippen molar-refractivity contribution in [3.8, 4) is 11.3 Å². The van der Waals surface area contributed by atoms with Crippen LogP contribution in [0.5, 0.6) is 0 Å². The molecule has 2 aromatic heterocycles. The zero-order valence-electron chi connectivity index (χ0n) is 16.1. The number of carboxylic acids is 1. The van der Waals surface area contributed by atoms with E-state index < -0.39 is 21.8 Å². The summed E-state index contributed by atoms with van der Waals surface area (Å²) in [6.45, 7) is -0.489. The average molecular weight is 433 g/mol. The molecule has 0 amide bonds. The fraction of sp³-hybridized carbons (Fsp3) is 0.300. The maximum atomic E-state index is 13.3. The Labute approximate surface area is 172 Å². The minimum atomic E-state index is -3.68. The minimum absolute atomic E-state index is 0.0388. The number of aliphatic hydroxyl groups excluding tert-OH is 1. The van der Waals surface area contributed by atoms with Crippen molar-refractivity contribution in [3.63, 3.8) is 0 Å². The number of rotatable bonds is 7. The molecule has 30 heavy (non-hydrogen) atoms. The quantitative estimate of drug-likeness (QED) is 0.592. The van der Waals surface area contributed by atoms with E-state index in [0.717, 1.165) is 23.4 Å². The summed E-state index contributed by atoms with van der Waals surface area (Å²) in [5.74, 6) is -1.53. The minimum Gasteiger partial charge on any atom is -0.478 e. The summed E-state index contributed by atoms with van der Waals surface area (Å²) < 4.78 is 40.4. The number of carbonyl (C=O) groups is 1.